The summed E-state index contributed by atoms with van der Waals surface area (Å²) in [5.41, 5.74) is 2.62. The van der Waals surface area contributed by atoms with Crippen LogP contribution in [-0.2, 0) is 0 Å². The van der Waals surface area contributed by atoms with Crippen molar-refractivity contribution in [1.29, 1.82) is 0 Å². The summed E-state index contributed by atoms with van der Waals surface area (Å²) in [6.07, 6.45) is 0. The van der Waals surface area contributed by atoms with E-state index in [0.717, 1.165) is 6.54 Å². The molecule has 0 radical (unpaired) electrons. The van der Waals surface area contributed by atoms with Crippen LogP contribution in [0.25, 0.3) is 0 Å². The van der Waals surface area contributed by atoms with Crippen LogP contribution in [0.1, 0.15) is 33.7 Å². The van der Waals surface area contributed by atoms with Gasteiger partial charge in [-0.3, -0.25) is 0 Å². The van der Waals surface area contributed by atoms with E-state index >= 15 is 0 Å². The molecule has 0 unspecified atom stereocenters. The number of hydrogen-bond donors (Lipinski definition) is 1. The van der Waals surface area contributed by atoms with Gasteiger partial charge in [0, 0.05) is 13.7 Å². The van der Waals surface area contributed by atoms with Crippen LogP contribution in [-0.4, -0.2) is 6.54 Å². The summed E-state index contributed by atoms with van der Waals surface area (Å²) in [5.74, 6) is 0.614. The largest absolute Gasteiger partial charge is 0.385 e. The molecule has 0 fully saturated rings. The van der Waals surface area contributed by atoms with Crippen molar-refractivity contribution in [3.05, 3.63) is 29.8 Å². The van der Waals surface area contributed by atoms with E-state index in [0.29, 0.717) is 5.92 Å². The molecule has 12 heavy (non-hydrogen) atoms. The van der Waals surface area contributed by atoms with Crippen LogP contribution in [0.5, 0.6) is 0 Å². The molecule has 1 N–H and O–H groups in total. The van der Waals surface area contributed by atoms with Crippen LogP contribution in [0, 0.1) is 0 Å². The highest BCUT2D eigenvalue weighted by Crippen LogP contribution is 2.17. The molecule has 0 spiro atoms. The molecule has 1 aromatic rings. The van der Waals surface area contributed by atoms with Crippen molar-refractivity contribution in [2.45, 2.75) is 26.7 Å². The summed E-state index contributed by atoms with van der Waals surface area (Å²) in [4.78, 5) is 0. The third-order valence-electron chi connectivity index (χ3n) is 1.93. The standard InChI is InChI=1S/C11H17N.H2/c1-4-12-11-7-5-6-10(8-11)9(2)3;/h5-9,12H,4H2,1-3H3;1H. The van der Waals surface area contributed by atoms with Gasteiger partial charge in [-0.15, -0.1) is 0 Å². The summed E-state index contributed by atoms with van der Waals surface area (Å²) in [7, 11) is 0. The van der Waals surface area contributed by atoms with E-state index in [-0.39, 0.29) is 1.43 Å². The van der Waals surface area contributed by atoms with Gasteiger partial charge < -0.3 is 5.32 Å². The van der Waals surface area contributed by atoms with E-state index in [2.05, 4.69) is 50.4 Å². The Labute approximate surface area is 76.3 Å². The molecule has 0 aromatic heterocycles. The van der Waals surface area contributed by atoms with E-state index in [1.807, 2.05) is 0 Å². The molecule has 0 aliphatic heterocycles. The van der Waals surface area contributed by atoms with Crippen molar-refractivity contribution < 1.29 is 1.43 Å². The van der Waals surface area contributed by atoms with E-state index in [4.69, 9.17) is 0 Å². The molecule has 0 heterocycles. The first-order valence-electron chi connectivity index (χ1n) is 4.58. The van der Waals surface area contributed by atoms with Crippen LogP contribution in [0.15, 0.2) is 24.3 Å². The van der Waals surface area contributed by atoms with Crippen molar-refractivity contribution in [1.82, 2.24) is 0 Å². The SMILES string of the molecule is CCNc1cccc(C(C)C)c1.[HH]. The van der Waals surface area contributed by atoms with Crippen molar-refractivity contribution in [2.75, 3.05) is 11.9 Å². The highest BCUT2D eigenvalue weighted by molar-refractivity contribution is 5.46. The van der Waals surface area contributed by atoms with Crippen LogP contribution in [0.3, 0.4) is 0 Å². The predicted octanol–water partition coefficient (Wildman–Crippen LogP) is 3.49. The van der Waals surface area contributed by atoms with Gasteiger partial charge in [0.2, 0.25) is 0 Å². The molecule has 0 bridgehead atoms. The summed E-state index contributed by atoms with van der Waals surface area (Å²) in [6, 6.07) is 8.60. The fraction of sp³-hybridized carbons (Fsp3) is 0.455. The highest BCUT2D eigenvalue weighted by atomic mass is 14.8. The normalized spacial score (nSPS) is 10.3. The van der Waals surface area contributed by atoms with Crippen LogP contribution in [0.4, 0.5) is 5.69 Å². The van der Waals surface area contributed by atoms with Crippen LogP contribution >= 0.6 is 0 Å². The average Bonchev–Trinajstić information content (AvgIpc) is 2.05. The maximum atomic E-state index is 3.30. The molecule has 1 rings (SSSR count). The quantitative estimate of drug-likeness (QED) is 0.723. The second-order valence-corrected chi connectivity index (χ2v) is 3.31. The highest BCUT2D eigenvalue weighted by Gasteiger charge is 1.98. The molecule has 1 aromatic carbocycles. The minimum absolute atomic E-state index is 0. The Bertz CT molecular complexity index is 246. The van der Waals surface area contributed by atoms with E-state index in [1.54, 1.807) is 0 Å². The number of benzene rings is 1. The smallest absolute Gasteiger partial charge is 0.0342 e. The Morgan fingerprint density at radius 1 is 1.42 bits per heavy atom. The first-order valence-corrected chi connectivity index (χ1v) is 4.58. The van der Waals surface area contributed by atoms with Crippen molar-refractivity contribution in [2.24, 2.45) is 0 Å². The molecule has 0 saturated heterocycles. The molecule has 0 aliphatic carbocycles. The van der Waals surface area contributed by atoms with Gasteiger partial charge in [-0.2, -0.15) is 0 Å². The van der Waals surface area contributed by atoms with Gasteiger partial charge in [0.15, 0.2) is 0 Å². The topological polar surface area (TPSA) is 12.0 Å². The molecular formula is C11H19N. The van der Waals surface area contributed by atoms with Gasteiger partial charge in [0.05, 0.1) is 0 Å². The van der Waals surface area contributed by atoms with Crippen molar-refractivity contribution >= 4 is 5.69 Å². The maximum Gasteiger partial charge on any atom is 0.0342 e. The minimum atomic E-state index is 0. The van der Waals surface area contributed by atoms with Gasteiger partial charge >= 0.3 is 0 Å². The Kier molecular flexibility index (Phi) is 3.15. The lowest BCUT2D eigenvalue weighted by Crippen LogP contribution is -1.97. The van der Waals surface area contributed by atoms with Gasteiger partial charge in [-0.25, -0.2) is 0 Å². The van der Waals surface area contributed by atoms with E-state index in [1.165, 1.54) is 11.3 Å². The van der Waals surface area contributed by atoms with Gasteiger partial charge in [-0.1, -0.05) is 26.0 Å². The zero-order chi connectivity index (χ0) is 8.97. The van der Waals surface area contributed by atoms with Gasteiger partial charge in [-0.05, 0) is 30.5 Å². The lowest BCUT2D eigenvalue weighted by molar-refractivity contribution is 0.867. The zero-order valence-electron chi connectivity index (χ0n) is 8.09. The van der Waals surface area contributed by atoms with Crippen LogP contribution in [0.2, 0.25) is 0 Å². The average molecular weight is 165 g/mol. The summed E-state index contributed by atoms with van der Waals surface area (Å²) in [5, 5.41) is 3.30. The molecule has 1 nitrogen and oxygen atoms in total. The predicted molar refractivity (Wildman–Crippen MR) is 56.8 cm³/mol. The van der Waals surface area contributed by atoms with Crippen molar-refractivity contribution in [3.63, 3.8) is 0 Å². The van der Waals surface area contributed by atoms with Gasteiger partial charge in [0.25, 0.3) is 0 Å². The van der Waals surface area contributed by atoms with Crippen molar-refractivity contribution in [3.8, 4) is 0 Å². The Morgan fingerprint density at radius 3 is 2.75 bits per heavy atom. The van der Waals surface area contributed by atoms with Gasteiger partial charge in [0.1, 0.15) is 0 Å². The number of rotatable bonds is 3. The summed E-state index contributed by atoms with van der Waals surface area (Å²) >= 11 is 0. The second kappa shape index (κ2) is 4.15. The third kappa shape index (κ3) is 2.26. The second-order valence-electron chi connectivity index (χ2n) is 3.31. The number of hydrogen-bond acceptors (Lipinski definition) is 1. The van der Waals surface area contributed by atoms with E-state index < -0.39 is 0 Å². The third-order valence-corrected chi connectivity index (χ3v) is 1.93. The number of nitrogens with one attached hydrogen (secondary N) is 1. The molecule has 0 atom stereocenters. The molecule has 0 aliphatic rings. The summed E-state index contributed by atoms with van der Waals surface area (Å²) in [6.45, 7) is 7.53. The molecule has 68 valence electrons. The fourth-order valence-electron chi connectivity index (χ4n) is 1.21. The molecule has 0 amide bonds. The molecule has 0 saturated carbocycles. The Hall–Kier alpha value is -0.980. The molecule has 1 heteroatoms. The molecular weight excluding hydrogens is 146 g/mol. The monoisotopic (exact) mass is 165 g/mol. The maximum absolute atomic E-state index is 3.30. The fourth-order valence-corrected chi connectivity index (χ4v) is 1.21. The number of anilines is 1. The lowest BCUT2D eigenvalue weighted by Gasteiger charge is -2.08. The first kappa shape index (κ1) is 9.11. The lowest BCUT2D eigenvalue weighted by atomic mass is 10.0. The van der Waals surface area contributed by atoms with E-state index in [9.17, 15) is 0 Å². The summed E-state index contributed by atoms with van der Waals surface area (Å²) < 4.78 is 0. The zero-order valence-corrected chi connectivity index (χ0v) is 8.09. The van der Waals surface area contributed by atoms with Crippen LogP contribution < -0.4 is 5.32 Å². The minimum Gasteiger partial charge on any atom is -0.385 e. The Balaban J connectivity index is 0.00000144. The first-order chi connectivity index (χ1) is 5.74. The Morgan fingerprint density at radius 2 is 2.17 bits per heavy atom.